The summed E-state index contributed by atoms with van der Waals surface area (Å²) in [6, 6.07) is 11.8. The number of halogens is 1. The van der Waals surface area contributed by atoms with Crippen molar-refractivity contribution in [3.05, 3.63) is 63.6 Å². The van der Waals surface area contributed by atoms with Gasteiger partial charge in [0.15, 0.2) is 5.82 Å². The Morgan fingerprint density at radius 2 is 1.83 bits per heavy atom. The number of piperazine rings is 1. The second-order valence-electron chi connectivity index (χ2n) is 8.39. The number of nitrogens with zero attached hydrogens (tertiary/aromatic N) is 6. The Bertz CT molecular complexity index is 1180. The van der Waals surface area contributed by atoms with Crippen molar-refractivity contribution in [2.45, 2.75) is 6.54 Å². The van der Waals surface area contributed by atoms with Crippen LogP contribution in [0.2, 0.25) is 0 Å². The van der Waals surface area contributed by atoms with Gasteiger partial charge in [-0.05, 0) is 52.3 Å². The number of pyridine rings is 1. The van der Waals surface area contributed by atoms with Gasteiger partial charge in [-0.25, -0.2) is 15.0 Å². The normalized spacial score (nSPS) is 14.4. The van der Waals surface area contributed by atoms with Crippen LogP contribution in [0.3, 0.4) is 0 Å². The Labute approximate surface area is 213 Å². The van der Waals surface area contributed by atoms with Crippen molar-refractivity contribution < 1.29 is 4.74 Å². The highest BCUT2D eigenvalue weighted by Gasteiger charge is 2.18. The van der Waals surface area contributed by atoms with Gasteiger partial charge in [0.2, 0.25) is 5.95 Å². The molecule has 0 atom stereocenters. The number of hydrogen-bond donors (Lipinski definition) is 2. The molecule has 0 aliphatic carbocycles. The standard InChI is InChI=1S/C24H31BrN8O2/c1-30(2)33-13-11-31(12-14-33)19-8-6-18(7-9-19)27-24-26-17-20(25)22(29-24)28-21-5-4-10-32(23(21)34)15-16-35-3/h4-10,17H,11-16H2,1-3H3,(H2,26,27,28,29). The Kier molecular flexibility index (Phi) is 8.34. The van der Waals surface area contributed by atoms with Gasteiger partial charge in [-0.1, -0.05) is 0 Å². The average Bonchev–Trinajstić information content (AvgIpc) is 2.87. The largest absolute Gasteiger partial charge is 0.383 e. The third kappa shape index (κ3) is 6.37. The van der Waals surface area contributed by atoms with Crippen LogP contribution in [0.25, 0.3) is 0 Å². The lowest BCUT2D eigenvalue weighted by molar-refractivity contribution is 0.0201. The van der Waals surface area contributed by atoms with Gasteiger partial charge in [-0.3, -0.25) is 4.79 Å². The fraction of sp³-hybridized carbons (Fsp3) is 0.375. The van der Waals surface area contributed by atoms with Crippen molar-refractivity contribution in [1.29, 1.82) is 0 Å². The summed E-state index contributed by atoms with van der Waals surface area (Å²) in [6.45, 7) is 4.93. The highest BCUT2D eigenvalue weighted by molar-refractivity contribution is 9.10. The average molecular weight is 543 g/mol. The number of hydrazine groups is 1. The molecule has 0 unspecified atom stereocenters. The van der Waals surface area contributed by atoms with Crippen molar-refractivity contribution >= 4 is 44.8 Å². The number of ether oxygens (including phenoxy) is 1. The molecule has 1 aromatic carbocycles. The molecule has 186 valence electrons. The van der Waals surface area contributed by atoms with Crippen LogP contribution in [-0.2, 0) is 11.3 Å². The molecule has 4 rings (SSSR count). The maximum Gasteiger partial charge on any atom is 0.274 e. The van der Waals surface area contributed by atoms with Crippen molar-refractivity contribution in [2.24, 2.45) is 0 Å². The number of methoxy groups -OCH3 is 1. The molecular weight excluding hydrogens is 512 g/mol. The highest BCUT2D eigenvalue weighted by Crippen LogP contribution is 2.25. The monoisotopic (exact) mass is 542 g/mol. The molecule has 0 amide bonds. The molecule has 0 bridgehead atoms. The quantitative estimate of drug-likeness (QED) is 0.423. The lowest BCUT2D eigenvalue weighted by atomic mass is 10.2. The number of hydrogen-bond acceptors (Lipinski definition) is 9. The summed E-state index contributed by atoms with van der Waals surface area (Å²) in [5.74, 6) is 0.929. The van der Waals surface area contributed by atoms with E-state index in [0.717, 1.165) is 31.9 Å². The minimum Gasteiger partial charge on any atom is -0.383 e. The van der Waals surface area contributed by atoms with Gasteiger partial charge in [0.25, 0.3) is 5.56 Å². The molecule has 1 aliphatic rings. The van der Waals surface area contributed by atoms with Gasteiger partial charge in [-0.15, -0.1) is 0 Å². The second-order valence-corrected chi connectivity index (χ2v) is 9.24. The molecule has 10 nitrogen and oxygen atoms in total. The molecule has 2 N–H and O–H groups in total. The van der Waals surface area contributed by atoms with Crippen molar-refractivity contribution in [2.75, 3.05) is 69.5 Å². The fourth-order valence-electron chi connectivity index (χ4n) is 3.88. The van der Waals surface area contributed by atoms with Crippen LogP contribution < -0.4 is 21.1 Å². The molecule has 1 saturated heterocycles. The minimum absolute atomic E-state index is 0.147. The van der Waals surface area contributed by atoms with E-state index >= 15 is 0 Å². The summed E-state index contributed by atoms with van der Waals surface area (Å²) in [6.07, 6.45) is 3.39. The van der Waals surface area contributed by atoms with Gasteiger partial charge in [-0.2, -0.15) is 4.98 Å². The molecule has 11 heteroatoms. The number of anilines is 5. The Hall–Kier alpha value is -2.99. The lowest BCUT2D eigenvalue weighted by Gasteiger charge is -2.39. The molecule has 0 saturated carbocycles. The summed E-state index contributed by atoms with van der Waals surface area (Å²) in [5.41, 5.74) is 2.36. The van der Waals surface area contributed by atoms with E-state index in [-0.39, 0.29) is 5.56 Å². The summed E-state index contributed by atoms with van der Waals surface area (Å²) in [5, 5.41) is 10.9. The maximum absolute atomic E-state index is 12.7. The van der Waals surface area contributed by atoms with E-state index in [9.17, 15) is 4.79 Å². The highest BCUT2D eigenvalue weighted by atomic mass is 79.9. The zero-order chi connectivity index (χ0) is 24.8. The summed E-state index contributed by atoms with van der Waals surface area (Å²) >= 11 is 3.47. The number of aromatic nitrogens is 3. The lowest BCUT2D eigenvalue weighted by Crippen LogP contribution is -2.51. The van der Waals surface area contributed by atoms with Crippen LogP contribution in [0.1, 0.15) is 0 Å². The second kappa shape index (κ2) is 11.6. The number of rotatable bonds is 9. The predicted octanol–water partition coefficient (Wildman–Crippen LogP) is 3.13. The Morgan fingerprint density at radius 3 is 2.51 bits per heavy atom. The van der Waals surface area contributed by atoms with E-state index in [1.807, 2.05) is 18.2 Å². The van der Waals surface area contributed by atoms with Crippen LogP contribution in [0.4, 0.5) is 28.8 Å². The van der Waals surface area contributed by atoms with Gasteiger partial charge in [0, 0.05) is 77.7 Å². The van der Waals surface area contributed by atoms with Crippen LogP contribution in [0.15, 0.2) is 58.1 Å². The van der Waals surface area contributed by atoms with Crippen LogP contribution in [-0.4, -0.2) is 78.5 Å². The van der Waals surface area contributed by atoms with E-state index in [0.29, 0.717) is 35.1 Å². The van der Waals surface area contributed by atoms with E-state index in [2.05, 4.69) is 77.7 Å². The first-order valence-electron chi connectivity index (χ1n) is 11.5. The van der Waals surface area contributed by atoms with E-state index in [1.165, 1.54) is 5.69 Å². The fourth-order valence-corrected chi connectivity index (χ4v) is 4.17. The van der Waals surface area contributed by atoms with Crippen molar-refractivity contribution in [3.63, 3.8) is 0 Å². The number of nitrogens with one attached hydrogen (secondary N) is 2. The van der Waals surface area contributed by atoms with Crippen molar-refractivity contribution in [3.8, 4) is 0 Å². The Morgan fingerprint density at radius 1 is 1.09 bits per heavy atom. The maximum atomic E-state index is 12.7. The third-order valence-corrected chi connectivity index (χ3v) is 6.44. The van der Waals surface area contributed by atoms with Crippen LogP contribution in [0, 0.1) is 0 Å². The molecule has 0 spiro atoms. The predicted molar refractivity (Wildman–Crippen MR) is 143 cm³/mol. The third-order valence-electron chi connectivity index (χ3n) is 5.86. The minimum atomic E-state index is -0.147. The zero-order valence-corrected chi connectivity index (χ0v) is 21.8. The summed E-state index contributed by atoms with van der Waals surface area (Å²) < 4.78 is 7.34. The van der Waals surface area contributed by atoms with E-state index in [4.69, 9.17) is 4.74 Å². The van der Waals surface area contributed by atoms with Gasteiger partial charge in [0.05, 0.1) is 11.1 Å². The van der Waals surface area contributed by atoms with Gasteiger partial charge >= 0.3 is 0 Å². The molecule has 3 aromatic rings. The molecule has 0 radical (unpaired) electrons. The first-order chi connectivity index (χ1) is 16.9. The molecular formula is C24H31BrN8O2. The van der Waals surface area contributed by atoms with E-state index < -0.39 is 0 Å². The molecule has 3 heterocycles. The molecule has 2 aromatic heterocycles. The van der Waals surface area contributed by atoms with E-state index in [1.54, 1.807) is 30.1 Å². The van der Waals surface area contributed by atoms with Gasteiger partial charge in [0.1, 0.15) is 5.69 Å². The first-order valence-corrected chi connectivity index (χ1v) is 12.3. The Balaban J connectivity index is 1.43. The summed E-state index contributed by atoms with van der Waals surface area (Å²) in [7, 11) is 5.78. The smallest absolute Gasteiger partial charge is 0.274 e. The zero-order valence-electron chi connectivity index (χ0n) is 20.2. The van der Waals surface area contributed by atoms with Crippen LogP contribution >= 0.6 is 15.9 Å². The van der Waals surface area contributed by atoms with Gasteiger partial charge < -0.3 is 24.8 Å². The van der Waals surface area contributed by atoms with Crippen molar-refractivity contribution in [1.82, 2.24) is 24.6 Å². The topological polar surface area (TPSA) is 90.8 Å². The molecule has 1 aliphatic heterocycles. The van der Waals surface area contributed by atoms with Crippen LogP contribution in [0.5, 0.6) is 0 Å². The number of benzene rings is 1. The molecule has 1 fully saturated rings. The summed E-state index contributed by atoms with van der Waals surface area (Å²) in [4.78, 5) is 24.1. The SMILES string of the molecule is COCCn1cccc(Nc2nc(Nc3ccc(N4CCN(N(C)C)CC4)cc3)ncc2Br)c1=O. The molecule has 35 heavy (non-hydrogen) atoms. The first kappa shape index (κ1) is 25.1.